The van der Waals surface area contributed by atoms with Crippen LogP contribution in [0.15, 0.2) is 6.07 Å². The number of fused-ring (bicyclic) bond motifs is 1. The highest BCUT2D eigenvalue weighted by Crippen LogP contribution is 2.26. The average Bonchev–Trinajstić information content (AvgIpc) is 2.89. The Kier molecular flexibility index (Phi) is 1.95. The molecule has 0 unspecified atom stereocenters. The van der Waals surface area contributed by atoms with E-state index in [0.29, 0.717) is 16.9 Å². The van der Waals surface area contributed by atoms with Gasteiger partial charge in [0, 0.05) is 13.1 Å². The number of aromatic amines is 1. The summed E-state index contributed by atoms with van der Waals surface area (Å²) in [5.41, 5.74) is 6.13. The number of nitrogens with one attached hydrogen (secondary N) is 1. The van der Waals surface area contributed by atoms with Crippen LogP contribution >= 0.6 is 0 Å². The van der Waals surface area contributed by atoms with E-state index in [1.165, 1.54) is 6.07 Å². The lowest BCUT2D eigenvalue weighted by Gasteiger charge is -2.16. The second-order valence-electron chi connectivity index (χ2n) is 3.99. The van der Waals surface area contributed by atoms with Gasteiger partial charge in [-0.25, -0.2) is 9.37 Å². The van der Waals surface area contributed by atoms with Gasteiger partial charge >= 0.3 is 0 Å². The molecule has 0 amide bonds. The van der Waals surface area contributed by atoms with Crippen molar-refractivity contribution in [2.24, 2.45) is 0 Å². The number of nitrogen functional groups attached to an aromatic ring is 1. The van der Waals surface area contributed by atoms with E-state index < -0.39 is 0 Å². The number of pyridine rings is 1. The highest BCUT2D eigenvalue weighted by molar-refractivity contribution is 5.87. The van der Waals surface area contributed by atoms with Crippen molar-refractivity contribution in [3.8, 4) is 0 Å². The van der Waals surface area contributed by atoms with E-state index in [2.05, 4.69) is 15.2 Å². The molecule has 1 saturated heterocycles. The molecule has 16 heavy (non-hydrogen) atoms. The second kappa shape index (κ2) is 3.33. The SMILES string of the molecule is Nc1n[nH]c2nc(N3CCCC3)c(F)cc12. The van der Waals surface area contributed by atoms with Gasteiger partial charge in [0.1, 0.15) is 0 Å². The van der Waals surface area contributed by atoms with Crippen LogP contribution < -0.4 is 10.6 Å². The molecule has 0 spiro atoms. The van der Waals surface area contributed by atoms with E-state index >= 15 is 0 Å². The van der Waals surface area contributed by atoms with Gasteiger partial charge in [0.2, 0.25) is 0 Å². The normalized spacial score (nSPS) is 16.2. The van der Waals surface area contributed by atoms with E-state index in [0.717, 1.165) is 25.9 Å². The zero-order valence-corrected chi connectivity index (χ0v) is 8.70. The van der Waals surface area contributed by atoms with Crippen molar-refractivity contribution in [1.82, 2.24) is 15.2 Å². The molecule has 0 aliphatic carbocycles. The topological polar surface area (TPSA) is 70.8 Å². The number of rotatable bonds is 1. The minimum atomic E-state index is -0.331. The summed E-state index contributed by atoms with van der Waals surface area (Å²) < 4.78 is 13.8. The molecule has 0 radical (unpaired) electrons. The summed E-state index contributed by atoms with van der Waals surface area (Å²) in [6.07, 6.45) is 2.18. The third-order valence-corrected chi connectivity index (χ3v) is 2.92. The Morgan fingerprint density at radius 1 is 1.38 bits per heavy atom. The smallest absolute Gasteiger partial charge is 0.167 e. The lowest BCUT2D eigenvalue weighted by molar-refractivity contribution is 0.618. The van der Waals surface area contributed by atoms with Gasteiger partial charge in [-0.2, -0.15) is 5.10 Å². The van der Waals surface area contributed by atoms with Gasteiger partial charge < -0.3 is 10.6 Å². The maximum Gasteiger partial charge on any atom is 0.167 e. The van der Waals surface area contributed by atoms with Gasteiger partial charge in [-0.15, -0.1) is 0 Å². The maximum atomic E-state index is 13.8. The van der Waals surface area contributed by atoms with Crippen LogP contribution in [0.1, 0.15) is 12.8 Å². The van der Waals surface area contributed by atoms with Crippen molar-refractivity contribution in [3.63, 3.8) is 0 Å². The fourth-order valence-electron chi connectivity index (χ4n) is 2.08. The summed E-state index contributed by atoms with van der Waals surface area (Å²) in [6.45, 7) is 1.72. The number of H-pyrrole nitrogens is 1. The van der Waals surface area contributed by atoms with Crippen molar-refractivity contribution in [1.29, 1.82) is 0 Å². The van der Waals surface area contributed by atoms with Crippen LogP contribution in [-0.4, -0.2) is 28.3 Å². The standard InChI is InChI=1S/C10H12FN5/c11-7-5-6-8(12)14-15-9(6)13-10(7)16-3-1-2-4-16/h5H,1-4H2,(H3,12,13,14,15). The Balaban J connectivity index is 2.14. The Labute approximate surface area is 91.4 Å². The molecule has 0 aromatic carbocycles. The van der Waals surface area contributed by atoms with Crippen LogP contribution in [0.5, 0.6) is 0 Å². The van der Waals surface area contributed by atoms with E-state index in [9.17, 15) is 4.39 Å². The summed E-state index contributed by atoms with van der Waals surface area (Å²) in [5.74, 6) is 0.352. The van der Waals surface area contributed by atoms with Crippen molar-refractivity contribution in [3.05, 3.63) is 11.9 Å². The van der Waals surface area contributed by atoms with Crippen molar-refractivity contribution < 1.29 is 4.39 Å². The number of nitrogens with two attached hydrogens (primary N) is 1. The second-order valence-corrected chi connectivity index (χ2v) is 3.99. The molecule has 1 fully saturated rings. The summed E-state index contributed by atoms with van der Waals surface area (Å²) >= 11 is 0. The largest absolute Gasteiger partial charge is 0.382 e. The number of halogens is 1. The minimum Gasteiger partial charge on any atom is -0.382 e. The number of hydrogen-bond acceptors (Lipinski definition) is 4. The van der Waals surface area contributed by atoms with Crippen LogP contribution in [0.2, 0.25) is 0 Å². The number of aromatic nitrogens is 3. The van der Waals surface area contributed by atoms with Gasteiger partial charge in [-0.1, -0.05) is 0 Å². The van der Waals surface area contributed by atoms with Crippen LogP contribution in [0, 0.1) is 5.82 Å². The third kappa shape index (κ3) is 1.30. The van der Waals surface area contributed by atoms with Crippen molar-refractivity contribution >= 4 is 22.7 Å². The highest BCUT2D eigenvalue weighted by atomic mass is 19.1. The van der Waals surface area contributed by atoms with E-state index in [-0.39, 0.29) is 11.6 Å². The molecule has 1 aliphatic heterocycles. The molecule has 0 atom stereocenters. The van der Waals surface area contributed by atoms with Crippen LogP contribution in [0.3, 0.4) is 0 Å². The molecule has 5 nitrogen and oxygen atoms in total. The summed E-state index contributed by atoms with van der Waals surface area (Å²) in [6, 6.07) is 1.40. The van der Waals surface area contributed by atoms with Crippen LogP contribution in [0.4, 0.5) is 16.0 Å². The highest BCUT2D eigenvalue weighted by Gasteiger charge is 2.19. The molecule has 0 saturated carbocycles. The molecule has 3 heterocycles. The summed E-state index contributed by atoms with van der Waals surface area (Å²) in [5, 5.41) is 7.05. The predicted octanol–water partition coefficient (Wildman–Crippen LogP) is 1.28. The third-order valence-electron chi connectivity index (χ3n) is 2.92. The number of hydrogen-bond donors (Lipinski definition) is 2. The van der Waals surface area contributed by atoms with Crippen LogP contribution in [-0.2, 0) is 0 Å². The quantitative estimate of drug-likeness (QED) is 0.761. The molecule has 84 valence electrons. The molecule has 2 aromatic rings. The van der Waals surface area contributed by atoms with Gasteiger partial charge in [0.25, 0.3) is 0 Å². The number of nitrogens with zero attached hydrogens (tertiary/aromatic N) is 3. The molecule has 3 N–H and O–H groups in total. The Hall–Kier alpha value is -1.85. The zero-order valence-electron chi connectivity index (χ0n) is 8.70. The lowest BCUT2D eigenvalue weighted by atomic mass is 10.3. The molecule has 6 heteroatoms. The van der Waals surface area contributed by atoms with Gasteiger partial charge in [0.05, 0.1) is 5.39 Å². The summed E-state index contributed by atoms with van der Waals surface area (Å²) in [7, 11) is 0. The molecule has 3 rings (SSSR count). The fraction of sp³-hybridized carbons (Fsp3) is 0.400. The zero-order chi connectivity index (χ0) is 11.1. The Morgan fingerprint density at radius 2 is 2.12 bits per heavy atom. The first kappa shape index (κ1) is 9.38. The van der Waals surface area contributed by atoms with Crippen molar-refractivity contribution in [2.75, 3.05) is 23.7 Å². The Bertz CT molecular complexity index is 529. The van der Waals surface area contributed by atoms with Crippen LogP contribution in [0.25, 0.3) is 11.0 Å². The minimum absolute atomic E-state index is 0.286. The summed E-state index contributed by atoms with van der Waals surface area (Å²) in [4.78, 5) is 6.18. The molecular weight excluding hydrogens is 209 g/mol. The molecular formula is C10H12FN5. The molecule has 0 bridgehead atoms. The van der Waals surface area contributed by atoms with Gasteiger partial charge in [-0.05, 0) is 18.9 Å². The maximum absolute atomic E-state index is 13.8. The van der Waals surface area contributed by atoms with Gasteiger partial charge in [0.15, 0.2) is 23.1 Å². The molecule has 1 aliphatic rings. The fourth-order valence-corrected chi connectivity index (χ4v) is 2.08. The lowest BCUT2D eigenvalue weighted by Crippen LogP contribution is -2.20. The van der Waals surface area contributed by atoms with E-state index in [4.69, 9.17) is 5.73 Å². The first-order chi connectivity index (χ1) is 7.75. The first-order valence-corrected chi connectivity index (χ1v) is 5.31. The van der Waals surface area contributed by atoms with Crippen molar-refractivity contribution in [2.45, 2.75) is 12.8 Å². The Morgan fingerprint density at radius 3 is 2.88 bits per heavy atom. The average molecular weight is 221 g/mol. The monoisotopic (exact) mass is 221 g/mol. The number of anilines is 2. The first-order valence-electron chi connectivity index (χ1n) is 5.31. The molecule has 2 aromatic heterocycles. The predicted molar refractivity (Wildman–Crippen MR) is 59.7 cm³/mol. The van der Waals surface area contributed by atoms with Gasteiger partial charge in [-0.3, -0.25) is 5.10 Å². The van der Waals surface area contributed by atoms with E-state index in [1.807, 2.05) is 4.90 Å². The van der Waals surface area contributed by atoms with E-state index in [1.54, 1.807) is 0 Å².